The smallest absolute Gasteiger partial charge is 0.326 e. The molecule has 0 saturated heterocycles. The quantitative estimate of drug-likeness (QED) is 0.746. The summed E-state index contributed by atoms with van der Waals surface area (Å²) in [6.45, 7) is 7.58. The molecule has 0 heterocycles. The molecule has 0 aromatic heterocycles. The summed E-state index contributed by atoms with van der Waals surface area (Å²) < 4.78 is 0. The predicted molar refractivity (Wildman–Crippen MR) is 86.9 cm³/mol. The molecule has 23 heavy (non-hydrogen) atoms. The van der Waals surface area contributed by atoms with Crippen molar-refractivity contribution in [1.29, 1.82) is 0 Å². The molecule has 6 heteroatoms. The van der Waals surface area contributed by atoms with E-state index in [0.29, 0.717) is 18.5 Å². The molecular formula is C17H24N2O4. The van der Waals surface area contributed by atoms with Crippen molar-refractivity contribution in [3.8, 4) is 0 Å². The maximum atomic E-state index is 12.0. The molecule has 0 fully saturated rings. The molecule has 1 aromatic carbocycles. The molecule has 0 aliphatic heterocycles. The average Bonchev–Trinajstić information content (AvgIpc) is 2.49. The number of benzene rings is 1. The van der Waals surface area contributed by atoms with E-state index in [1.165, 1.54) is 0 Å². The SMILES string of the molecule is CCC(NC(=O)c1ccc(CNC(=O)C(C)(C)C)cc1)C(=O)O. The van der Waals surface area contributed by atoms with E-state index in [9.17, 15) is 14.4 Å². The summed E-state index contributed by atoms with van der Waals surface area (Å²) >= 11 is 0. The van der Waals surface area contributed by atoms with Crippen LogP contribution in [-0.2, 0) is 16.1 Å². The van der Waals surface area contributed by atoms with Gasteiger partial charge in [-0.3, -0.25) is 9.59 Å². The van der Waals surface area contributed by atoms with Gasteiger partial charge in [-0.05, 0) is 24.1 Å². The van der Waals surface area contributed by atoms with Gasteiger partial charge in [0.05, 0.1) is 0 Å². The third kappa shape index (κ3) is 5.73. The second-order valence-electron chi connectivity index (χ2n) is 6.40. The van der Waals surface area contributed by atoms with Crippen LogP contribution >= 0.6 is 0 Å². The van der Waals surface area contributed by atoms with Crippen LogP contribution < -0.4 is 10.6 Å². The number of carbonyl (C=O) groups excluding carboxylic acids is 2. The molecule has 2 amide bonds. The molecule has 0 spiro atoms. The van der Waals surface area contributed by atoms with Gasteiger partial charge in [-0.2, -0.15) is 0 Å². The van der Waals surface area contributed by atoms with Crippen molar-refractivity contribution < 1.29 is 19.5 Å². The van der Waals surface area contributed by atoms with E-state index in [0.717, 1.165) is 5.56 Å². The van der Waals surface area contributed by atoms with E-state index < -0.39 is 23.3 Å². The molecule has 0 radical (unpaired) electrons. The number of carbonyl (C=O) groups is 3. The lowest BCUT2D eigenvalue weighted by Gasteiger charge is -2.17. The Balaban J connectivity index is 2.64. The second-order valence-corrected chi connectivity index (χ2v) is 6.40. The number of carboxylic acids is 1. The van der Waals surface area contributed by atoms with Crippen LogP contribution in [0.2, 0.25) is 0 Å². The van der Waals surface area contributed by atoms with Crippen molar-refractivity contribution in [2.75, 3.05) is 0 Å². The normalized spacial score (nSPS) is 12.3. The summed E-state index contributed by atoms with van der Waals surface area (Å²) in [6, 6.07) is 5.80. The molecular weight excluding hydrogens is 296 g/mol. The Morgan fingerprint density at radius 2 is 1.70 bits per heavy atom. The Hall–Kier alpha value is -2.37. The third-order valence-electron chi connectivity index (χ3n) is 3.36. The lowest BCUT2D eigenvalue weighted by molar-refractivity contribution is -0.139. The first-order valence-electron chi connectivity index (χ1n) is 7.56. The van der Waals surface area contributed by atoms with Crippen LogP contribution in [0.1, 0.15) is 50.0 Å². The fraction of sp³-hybridized carbons (Fsp3) is 0.471. The van der Waals surface area contributed by atoms with Gasteiger partial charge in [-0.15, -0.1) is 0 Å². The van der Waals surface area contributed by atoms with Crippen molar-refractivity contribution in [2.24, 2.45) is 5.41 Å². The first-order chi connectivity index (χ1) is 10.6. The van der Waals surface area contributed by atoms with Crippen LogP contribution in [0, 0.1) is 5.41 Å². The molecule has 6 nitrogen and oxygen atoms in total. The van der Waals surface area contributed by atoms with Crippen molar-refractivity contribution in [3.05, 3.63) is 35.4 Å². The number of carboxylic acid groups (broad SMARTS) is 1. The van der Waals surface area contributed by atoms with E-state index in [2.05, 4.69) is 10.6 Å². The number of hydrogen-bond acceptors (Lipinski definition) is 3. The number of aliphatic carboxylic acids is 1. The van der Waals surface area contributed by atoms with E-state index >= 15 is 0 Å². The van der Waals surface area contributed by atoms with Crippen molar-refractivity contribution in [2.45, 2.75) is 46.7 Å². The Bertz CT molecular complexity index is 573. The summed E-state index contributed by atoms with van der Waals surface area (Å²) in [7, 11) is 0. The van der Waals surface area contributed by atoms with Gasteiger partial charge in [0.2, 0.25) is 5.91 Å². The Morgan fingerprint density at radius 3 is 2.13 bits per heavy atom. The maximum absolute atomic E-state index is 12.0. The first kappa shape index (κ1) is 18.7. The van der Waals surface area contributed by atoms with Crippen LogP contribution in [-0.4, -0.2) is 28.9 Å². The van der Waals surface area contributed by atoms with Gasteiger partial charge in [0.15, 0.2) is 0 Å². The standard InChI is InChI=1S/C17H24N2O4/c1-5-13(15(21)22)19-14(20)12-8-6-11(7-9-12)10-18-16(23)17(2,3)4/h6-9,13H,5,10H2,1-4H3,(H,18,23)(H,19,20)(H,21,22). The zero-order valence-electron chi connectivity index (χ0n) is 14.0. The minimum atomic E-state index is -1.05. The van der Waals surface area contributed by atoms with Crippen molar-refractivity contribution in [1.82, 2.24) is 10.6 Å². The average molecular weight is 320 g/mol. The van der Waals surface area contributed by atoms with Gasteiger partial charge in [0, 0.05) is 17.5 Å². The topological polar surface area (TPSA) is 95.5 Å². The molecule has 1 rings (SSSR count). The van der Waals surface area contributed by atoms with Gasteiger partial charge < -0.3 is 15.7 Å². The highest BCUT2D eigenvalue weighted by Gasteiger charge is 2.21. The van der Waals surface area contributed by atoms with E-state index in [1.54, 1.807) is 31.2 Å². The van der Waals surface area contributed by atoms with Crippen LogP contribution in [0.5, 0.6) is 0 Å². The highest BCUT2D eigenvalue weighted by molar-refractivity contribution is 5.96. The fourth-order valence-corrected chi connectivity index (χ4v) is 1.80. The number of hydrogen-bond donors (Lipinski definition) is 3. The largest absolute Gasteiger partial charge is 0.480 e. The van der Waals surface area contributed by atoms with Crippen LogP contribution in [0.25, 0.3) is 0 Å². The zero-order valence-corrected chi connectivity index (χ0v) is 14.0. The summed E-state index contributed by atoms with van der Waals surface area (Å²) in [6.07, 6.45) is 0.317. The summed E-state index contributed by atoms with van der Waals surface area (Å²) in [5.74, 6) is -1.53. The number of nitrogens with one attached hydrogen (secondary N) is 2. The van der Waals surface area contributed by atoms with E-state index in [1.807, 2.05) is 20.8 Å². The lowest BCUT2D eigenvalue weighted by Crippen LogP contribution is -2.40. The highest BCUT2D eigenvalue weighted by Crippen LogP contribution is 2.13. The zero-order chi connectivity index (χ0) is 17.6. The maximum Gasteiger partial charge on any atom is 0.326 e. The molecule has 3 N–H and O–H groups in total. The summed E-state index contributed by atoms with van der Waals surface area (Å²) in [5, 5.41) is 14.2. The monoisotopic (exact) mass is 320 g/mol. The van der Waals surface area contributed by atoms with Gasteiger partial charge >= 0.3 is 5.97 Å². The summed E-state index contributed by atoms with van der Waals surface area (Å²) in [4.78, 5) is 34.7. The molecule has 0 aliphatic carbocycles. The first-order valence-corrected chi connectivity index (χ1v) is 7.56. The lowest BCUT2D eigenvalue weighted by atomic mass is 9.95. The Kier molecular flexibility index (Phi) is 6.30. The molecule has 1 unspecified atom stereocenters. The molecule has 0 aliphatic rings. The summed E-state index contributed by atoms with van der Waals surface area (Å²) in [5.41, 5.74) is 0.797. The highest BCUT2D eigenvalue weighted by atomic mass is 16.4. The molecule has 0 saturated carbocycles. The fourth-order valence-electron chi connectivity index (χ4n) is 1.80. The minimum Gasteiger partial charge on any atom is -0.480 e. The van der Waals surface area contributed by atoms with E-state index in [-0.39, 0.29) is 5.91 Å². The predicted octanol–water partition coefficient (Wildman–Crippen LogP) is 1.94. The van der Waals surface area contributed by atoms with Gasteiger partial charge in [0.25, 0.3) is 5.91 Å². The molecule has 0 bridgehead atoms. The number of rotatable bonds is 6. The van der Waals surface area contributed by atoms with Gasteiger partial charge in [0.1, 0.15) is 6.04 Å². The van der Waals surface area contributed by atoms with Crippen molar-refractivity contribution in [3.63, 3.8) is 0 Å². The van der Waals surface area contributed by atoms with Gasteiger partial charge in [-0.25, -0.2) is 4.79 Å². The third-order valence-corrected chi connectivity index (χ3v) is 3.36. The Morgan fingerprint density at radius 1 is 1.13 bits per heavy atom. The van der Waals surface area contributed by atoms with Crippen LogP contribution in [0.4, 0.5) is 0 Å². The molecule has 1 atom stereocenters. The van der Waals surface area contributed by atoms with Crippen molar-refractivity contribution >= 4 is 17.8 Å². The van der Waals surface area contributed by atoms with Crippen LogP contribution in [0.15, 0.2) is 24.3 Å². The molecule has 1 aromatic rings. The van der Waals surface area contributed by atoms with Crippen LogP contribution in [0.3, 0.4) is 0 Å². The minimum absolute atomic E-state index is 0.0495. The number of amides is 2. The second kappa shape index (κ2) is 7.76. The van der Waals surface area contributed by atoms with Gasteiger partial charge in [-0.1, -0.05) is 39.8 Å². The molecule has 126 valence electrons. The Labute approximate surface area is 136 Å². The van der Waals surface area contributed by atoms with E-state index in [4.69, 9.17) is 5.11 Å².